The van der Waals surface area contributed by atoms with E-state index in [4.69, 9.17) is 11.2 Å². The average molecular weight is 336 g/mol. The van der Waals surface area contributed by atoms with Crippen LogP contribution in [0.1, 0.15) is 50.2 Å². The van der Waals surface area contributed by atoms with Gasteiger partial charge in [-0.05, 0) is 49.0 Å². The smallest absolute Gasteiger partial charge is 0.416 e. The van der Waals surface area contributed by atoms with Crippen LogP contribution in [0.3, 0.4) is 0 Å². The van der Waals surface area contributed by atoms with E-state index >= 15 is 0 Å². The van der Waals surface area contributed by atoms with Crippen LogP contribution in [-0.4, -0.2) is 11.6 Å². The fourth-order valence-corrected chi connectivity index (χ4v) is 3.08. The number of esters is 1. The Hall–Kier alpha value is -2.22. The van der Waals surface area contributed by atoms with Crippen molar-refractivity contribution >= 4 is 12.0 Å². The average Bonchev–Trinajstić information content (AvgIpc) is 2.49. The summed E-state index contributed by atoms with van der Waals surface area (Å²) in [6.07, 6.45) is 6.30. The van der Waals surface area contributed by atoms with Crippen LogP contribution in [0.5, 0.6) is 0 Å². The maximum atomic E-state index is 12.7. The Morgan fingerprint density at radius 1 is 1.33 bits per heavy atom. The van der Waals surface area contributed by atoms with Gasteiger partial charge >= 0.3 is 12.1 Å². The highest BCUT2D eigenvalue weighted by atomic mass is 19.4. The van der Waals surface area contributed by atoms with Crippen LogP contribution in [0.15, 0.2) is 29.8 Å². The first-order valence-electron chi connectivity index (χ1n) is 7.78. The van der Waals surface area contributed by atoms with Gasteiger partial charge in [0.15, 0.2) is 0 Å². The van der Waals surface area contributed by atoms with Crippen molar-refractivity contribution in [2.75, 3.05) is 0 Å². The fraction of sp³-hybridized carbons (Fsp3) is 0.421. The number of carbonyl (C=O) groups excluding carboxylic acids is 1. The van der Waals surface area contributed by atoms with Gasteiger partial charge in [0.25, 0.3) is 0 Å². The number of terminal acetylenes is 1. The first kappa shape index (κ1) is 18.1. The number of benzene rings is 1. The summed E-state index contributed by atoms with van der Waals surface area (Å²) >= 11 is 0. The second-order valence-electron chi connectivity index (χ2n) is 5.97. The molecule has 0 N–H and O–H groups in total. The molecule has 0 saturated heterocycles. The predicted octanol–water partition coefficient (Wildman–Crippen LogP) is 4.99. The van der Waals surface area contributed by atoms with Crippen LogP contribution in [0.4, 0.5) is 13.2 Å². The summed E-state index contributed by atoms with van der Waals surface area (Å²) in [7, 11) is 0. The van der Waals surface area contributed by atoms with Crippen molar-refractivity contribution < 1.29 is 22.7 Å². The molecule has 1 saturated carbocycles. The Balaban J connectivity index is 2.36. The van der Waals surface area contributed by atoms with E-state index in [1.807, 2.05) is 0 Å². The third kappa shape index (κ3) is 4.19. The van der Waals surface area contributed by atoms with Crippen molar-refractivity contribution in [1.82, 2.24) is 0 Å². The molecule has 0 aliphatic heterocycles. The molecule has 2 rings (SSSR count). The number of carbonyl (C=O) groups is 1. The van der Waals surface area contributed by atoms with Gasteiger partial charge in [0.2, 0.25) is 0 Å². The number of hydrogen-bond donors (Lipinski definition) is 0. The summed E-state index contributed by atoms with van der Waals surface area (Å²) in [6.45, 7) is 1.34. The number of rotatable bonds is 3. The first-order valence-corrected chi connectivity index (χ1v) is 7.78. The second kappa shape index (κ2) is 7.12. The number of hydrogen-bond acceptors (Lipinski definition) is 2. The van der Waals surface area contributed by atoms with Crippen LogP contribution in [-0.2, 0) is 15.7 Å². The number of alkyl halides is 3. The maximum absolute atomic E-state index is 12.7. The van der Waals surface area contributed by atoms with Gasteiger partial charge in [0, 0.05) is 6.92 Å². The molecule has 0 bridgehead atoms. The fourth-order valence-electron chi connectivity index (χ4n) is 3.08. The van der Waals surface area contributed by atoms with E-state index in [1.54, 1.807) is 6.08 Å². The molecule has 0 radical (unpaired) electrons. The molecule has 5 heteroatoms. The molecule has 24 heavy (non-hydrogen) atoms. The molecular weight excluding hydrogens is 317 g/mol. The quantitative estimate of drug-likeness (QED) is 0.574. The van der Waals surface area contributed by atoms with Crippen molar-refractivity contribution in [3.63, 3.8) is 0 Å². The molecule has 2 nitrogen and oxygen atoms in total. The van der Waals surface area contributed by atoms with Crippen molar-refractivity contribution in [3.05, 3.63) is 41.0 Å². The lowest BCUT2D eigenvalue weighted by atomic mass is 9.77. The normalized spacial score (nSPS) is 22.9. The third-order valence-electron chi connectivity index (χ3n) is 4.17. The molecule has 0 amide bonds. The summed E-state index contributed by atoms with van der Waals surface area (Å²) in [6, 6.07) is 4.92. The first-order chi connectivity index (χ1) is 11.3. The zero-order valence-corrected chi connectivity index (χ0v) is 13.5. The minimum absolute atomic E-state index is 0.263. The Morgan fingerprint density at radius 2 is 2.00 bits per heavy atom. The van der Waals surface area contributed by atoms with Gasteiger partial charge in [-0.15, -0.1) is 12.3 Å². The third-order valence-corrected chi connectivity index (χ3v) is 4.17. The molecule has 128 valence electrons. The lowest BCUT2D eigenvalue weighted by Crippen LogP contribution is -2.38. The van der Waals surface area contributed by atoms with E-state index in [2.05, 4.69) is 5.92 Å². The molecule has 0 heterocycles. The molecule has 1 aromatic rings. The van der Waals surface area contributed by atoms with Crippen LogP contribution in [0, 0.1) is 12.3 Å². The predicted molar refractivity (Wildman–Crippen MR) is 85.8 cm³/mol. The number of halogens is 3. The summed E-state index contributed by atoms with van der Waals surface area (Å²) in [5.74, 6) is 2.15. The van der Waals surface area contributed by atoms with E-state index in [-0.39, 0.29) is 6.42 Å². The van der Waals surface area contributed by atoms with Gasteiger partial charge in [-0.3, -0.25) is 4.79 Å². The van der Waals surface area contributed by atoms with E-state index in [1.165, 1.54) is 19.1 Å². The molecule has 0 aromatic heterocycles. The maximum Gasteiger partial charge on any atom is 0.416 e. The van der Waals surface area contributed by atoms with E-state index in [9.17, 15) is 18.0 Å². The standard InChI is InChI=1S/C19H19F3O2/c1-3-11-18(24-14(2)23)12-5-4-6-17(18)13-15-7-9-16(10-8-15)19(20,21)22/h1,7-10,13H,4-6,11-12H2,2H3/b17-13+. The Morgan fingerprint density at radius 3 is 2.54 bits per heavy atom. The minimum atomic E-state index is -4.36. The zero-order valence-electron chi connectivity index (χ0n) is 13.5. The highest BCUT2D eigenvalue weighted by Gasteiger charge is 2.39. The monoisotopic (exact) mass is 336 g/mol. The van der Waals surface area contributed by atoms with Crippen molar-refractivity contribution in [1.29, 1.82) is 0 Å². The topological polar surface area (TPSA) is 26.3 Å². The zero-order chi connectivity index (χ0) is 17.8. The molecule has 1 aliphatic rings. The Kier molecular flexibility index (Phi) is 5.38. The SMILES string of the molecule is C#CCC1(OC(C)=O)CCCC/C1=C\c1ccc(C(F)(F)F)cc1. The highest BCUT2D eigenvalue weighted by Crippen LogP contribution is 2.40. The molecular formula is C19H19F3O2. The van der Waals surface area contributed by atoms with Gasteiger partial charge in [-0.2, -0.15) is 13.2 Å². The van der Waals surface area contributed by atoms with Crippen molar-refractivity contribution in [2.45, 2.75) is 50.8 Å². The lowest BCUT2D eigenvalue weighted by Gasteiger charge is -2.38. The van der Waals surface area contributed by atoms with Crippen LogP contribution in [0.2, 0.25) is 0 Å². The molecule has 1 aromatic carbocycles. The van der Waals surface area contributed by atoms with E-state index < -0.39 is 23.3 Å². The molecule has 1 fully saturated rings. The highest BCUT2D eigenvalue weighted by molar-refractivity contribution is 5.68. The van der Waals surface area contributed by atoms with Crippen LogP contribution in [0.25, 0.3) is 6.08 Å². The minimum Gasteiger partial charge on any atom is -0.454 e. The summed E-state index contributed by atoms with van der Waals surface area (Å²) < 4.78 is 43.5. The Bertz CT molecular complexity index is 665. The van der Waals surface area contributed by atoms with Gasteiger partial charge in [0.1, 0.15) is 5.60 Å². The van der Waals surface area contributed by atoms with Gasteiger partial charge in [0.05, 0.1) is 12.0 Å². The molecule has 1 atom stereocenters. The summed E-state index contributed by atoms with van der Waals surface area (Å²) in [5.41, 5.74) is -0.0417. The van der Waals surface area contributed by atoms with Gasteiger partial charge < -0.3 is 4.74 Å². The van der Waals surface area contributed by atoms with Gasteiger partial charge in [-0.25, -0.2) is 0 Å². The van der Waals surface area contributed by atoms with E-state index in [0.717, 1.165) is 30.5 Å². The van der Waals surface area contributed by atoms with E-state index in [0.29, 0.717) is 18.4 Å². The summed E-state index contributed by atoms with van der Waals surface area (Å²) in [4.78, 5) is 11.5. The van der Waals surface area contributed by atoms with Crippen LogP contribution >= 0.6 is 0 Å². The summed E-state index contributed by atoms with van der Waals surface area (Å²) in [5, 5.41) is 0. The number of ether oxygens (including phenoxy) is 1. The lowest BCUT2D eigenvalue weighted by molar-refractivity contribution is -0.154. The molecule has 1 unspecified atom stereocenters. The molecule has 1 aliphatic carbocycles. The Labute approximate surface area is 139 Å². The van der Waals surface area contributed by atoms with Crippen LogP contribution < -0.4 is 0 Å². The largest absolute Gasteiger partial charge is 0.454 e. The molecule has 0 spiro atoms. The van der Waals surface area contributed by atoms with Crippen molar-refractivity contribution in [3.8, 4) is 12.3 Å². The second-order valence-corrected chi connectivity index (χ2v) is 5.97. The van der Waals surface area contributed by atoms with Gasteiger partial charge in [-0.1, -0.05) is 18.2 Å². The van der Waals surface area contributed by atoms with Crippen molar-refractivity contribution in [2.24, 2.45) is 0 Å².